The lowest BCUT2D eigenvalue weighted by molar-refractivity contribution is 0.0892. The molecule has 1 fully saturated rings. The van der Waals surface area contributed by atoms with Crippen LogP contribution in [0.15, 0.2) is 35.3 Å². The molecule has 0 atom stereocenters. The molecule has 0 saturated heterocycles. The highest BCUT2D eigenvalue weighted by atomic mass is 16.1. The highest BCUT2D eigenvalue weighted by Crippen LogP contribution is 2.39. The summed E-state index contributed by atoms with van der Waals surface area (Å²) in [7, 11) is 0. The smallest absolute Gasteiger partial charge is 0.255 e. The summed E-state index contributed by atoms with van der Waals surface area (Å²) in [5.74, 6) is -0.120. The van der Waals surface area contributed by atoms with Gasteiger partial charge in [-0.3, -0.25) is 9.59 Å². The topological polar surface area (TPSA) is 62.0 Å². The van der Waals surface area contributed by atoms with Crippen molar-refractivity contribution in [2.75, 3.05) is 6.54 Å². The molecule has 0 bridgehead atoms. The molecule has 0 unspecified atom stereocenters. The maximum atomic E-state index is 12.3. The first kappa shape index (κ1) is 12.9. The summed E-state index contributed by atoms with van der Waals surface area (Å²) in [5, 5.41) is 4.24. The molecule has 104 valence electrons. The molecule has 0 radical (unpaired) electrons. The number of benzene rings is 1. The van der Waals surface area contributed by atoms with Crippen LogP contribution in [-0.2, 0) is 0 Å². The van der Waals surface area contributed by atoms with Gasteiger partial charge >= 0.3 is 0 Å². The second kappa shape index (κ2) is 4.78. The minimum atomic E-state index is -0.164. The zero-order chi connectivity index (χ0) is 14.2. The largest absolute Gasteiger partial charge is 0.351 e. The molecule has 1 aromatic carbocycles. The van der Waals surface area contributed by atoms with Crippen molar-refractivity contribution in [2.45, 2.75) is 26.2 Å². The molecule has 1 heterocycles. The minimum absolute atomic E-state index is 0.120. The molecular formula is C16H18N2O2. The number of amides is 1. The van der Waals surface area contributed by atoms with E-state index in [0.717, 1.165) is 0 Å². The van der Waals surface area contributed by atoms with Crippen molar-refractivity contribution in [3.63, 3.8) is 0 Å². The summed E-state index contributed by atoms with van der Waals surface area (Å²) in [4.78, 5) is 26.7. The van der Waals surface area contributed by atoms with Gasteiger partial charge in [-0.1, -0.05) is 31.5 Å². The van der Waals surface area contributed by atoms with Crippen LogP contribution in [0.2, 0.25) is 0 Å². The van der Waals surface area contributed by atoms with E-state index in [0.29, 0.717) is 22.9 Å². The Hall–Kier alpha value is -2.10. The number of carbonyl (C=O) groups is 1. The average Bonchev–Trinajstić information content (AvgIpc) is 2.43. The maximum Gasteiger partial charge on any atom is 0.255 e. The van der Waals surface area contributed by atoms with Gasteiger partial charge in [0.2, 0.25) is 0 Å². The van der Waals surface area contributed by atoms with E-state index in [9.17, 15) is 9.59 Å². The van der Waals surface area contributed by atoms with Gasteiger partial charge in [-0.25, -0.2) is 0 Å². The van der Waals surface area contributed by atoms with E-state index < -0.39 is 0 Å². The first-order valence-corrected chi connectivity index (χ1v) is 6.98. The normalized spacial score (nSPS) is 16.6. The van der Waals surface area contributed by atoms with Gasteiger partial charge in [-0.15, -0.1) is 0 Å². The van der Waals surface area contributed by atoms with Crippen LogP contribution in [0.1, 0.15) is 36.5 Å². The Morgan fingerprint density at radius 1 is 1.30 bits per heavy atom. The number of hydrogen-bond donors (Lipinski definition) is 2. The number of rotatable bonds is 3. The summed E-state index contributed by atoms with van der Waals surface area (Å²) < 4.78 is 0. The van der Waals surface area contributed by atoms with Gasteiger partial charge in [0, 0.05) is 23.5 Å². The van der Waals surface area contributed by atoms with Crippen molar-refractivity contribution in [1.29, 1.82) is 0 Å². The quantitative estimate of drug-likeness (QED) is 0.900. The number of fused-ring (bicyclic) bond motifs is 1. The number of H-pyrrole nitrogens is 1. The number of nitrogens with one attached hydrogen (secondary N) is 2. The molecular weight excluding hydrogens is 252 g/mol. The van der Waals surface area contributed by atoms with Crippen LogP contribution in [0.25, 0.3) is 10.8 Å². The molecule has 0 spiro atoms. The van der Waals surface area contributed by atoms with Gasteiger partial charge in [0.05, 0.1) is 5.56 Å². The maximum absolute atomic E-state index is 12.3. The molecule has 1 aliphatic rings. The van der Waals surface area contributed by atoms with Gasteiger partial charge in [0.25, 0.3) is 11.5 Å². The van der Waals surface area contributed by atoms with E-state index in [1.807, 2.05) is 12.1 Å². The molecule has 3 rings (SSSR count). The second-order valence-electron chi connectivity index (χ2n) is 5.92. The number of carbonyl (C=O) groups excluding carboxylic acids is 1. The highest BCUT2D eigenvalue weighted by molar-refractivity contribution is 6.06. The van der Waals surface area contributed by atoms with Crippen molar-refractivity contribution in [1.82, 2.24) is 10.3 Å². The van der Waals surface area contributed by atoms with Crippen LogP contribution >= 0.6 is 0 Å². The molecule has 2 N–H and O–H groups in total. The van der Waals surface area contributed by atoms with Crippen molar-refractivity contribution in [3.8, 4) is 0 Å². The summed E-state index contributed by atoms with van der Waals surface area (Å²) in [5.41, 5.74) is 0.611. The first-order chi connectivity index (χ1) is 9.59. The third-order valence-electron chi connectivity index (χ3n) is 4.29. The fourth-order valence-corrected chi connectivity index (χ4v) is 2.74. The summed E-state index contributed by atoms with van der Waals surface area (Å²) in [6.45, 7) is 2.89. The monoisotopic (exact) mass is 270 g/mol. The van der Waals surface area contributed by atoms with Gasteiger partial charge in [-0.2, -0.15) is 0 Å². The van der Waals surface area contributed by atoms with Crippen molar-refractivity contribution < 1.29 is 4.79 Å². The lowest BCUT2D eigenvalue weighted by Crippen LogP contribution is -2.40. The minimum Gasteiger partial charge on any atom is -0.351 e. The van der Waals surface area contributed by atoms with Crippen molar-refractivity contribution in [3.05, 3.63) is 46.4 Å². The Morgan fingerprint density at radius 2 is 2.00 bits per heavy atom. The number of hydrogen-bond acceptors (Lipinski definition) is 2. The van der Waals surface area contributed by atoms with E-state index in [1.54, 1.807) is 12.1 Å². The summed E-state index contributed by atoms with van der Waals surface area (Å²) in [6.07, 6.45) is 5.08. The fourth-order valence-electron chi connectivity index (χ4n) is 2.74. The Labute approximate surface area is 117 Å². The van der Waals surface area contributed by atoms with E-state index in [4.69, 9.17) is 0 Å². The van der Waals surface area contributed by atoms with Gasteiger partial charge in [-0.05, 0) is 24.3 Å². The molecule has 1 aliphatic carbocycles. The highest BCUT2D eigenvalue weighted by Gasteiger charge is 2.32. The predicted molar refractivity (Wildman–Crippen MR) is 78.9 cm³/mol. The number of pyridine rings is 1. The Morgan fingerprint density at radius 3 is 2.65 bits per heavy atom. The zero-order valence-electron chi connectivity index (χ0n) is 11.5. The van der Waals surface area contributed by atoms with Crippen LogP contribution in [-0.4, -0.2) is 17.4 Å². The van der Waals surface area contributed by atoms with Crippen molar-refractivity contribution in [2.24, 2.45) is 5.41 Å². The number of aromatic nitrogens is 1. The van der Waals surface area contributed by atoms with Crippen LogP contribution in [0.3, 0.4) is 0 Å². The molecule has 1 saturated carbocycles. The molecule has 0 aliphatic heterocycles. The van der Waals surface area contributed by atoms with Gasteiger partial charge < -0.3 is 10.3 Å². The molecule has 20 heavy (non-hydrogen) atoms. The van der Waals surface area contributed by atoms with E-state index in [1.165, 1.54) is 25.5 Å². The SMILES string of the molecule is CC1(CNC(=O)c2c[nH]c(=O)c3ccccc23)CCC1. The second-order valence-corrected chi connectivity index (χ2v) is 5.92. The Bertz CT molecular complexity index is 714. The van der Waals surface area contributed by atoms with Gasteiger partial charge in [0.1, 0.15) is 0 Å². The first-order valence-electron chi connectivity index (χ1n) is 6.98. The predicted octanol–water partition coefficient (Wildman–Crippen LogP) is 2.45. The van der Waals surface area contributed by atoms with E-state index in [-0.39, 0.29) is 16.9 Å². The molecule has 1 amide bonds. The number of aromatic amines is 1. The van der Waals surface area contributed by atoms with Crippen LogP contribution < -0.4 is 10.9 Å². The van der Waals surface area contributed by atoms with E-state index >= 15 is 0 Å². The zero-order valence-corrected chi connectivity index (χ0v) is 11.5. The van der Waals surface area contributed by atoms with Crippen LogP contribution in [0.5, 0.6) is 0 Å². The Kier molecular flexibility index (Phi) is 3.08. The summed E-state index contributed by atoms with van der Waals surface area (Å²) in [6, 6.07) is 7.18. The average molecular weight is 270 g/mol. The van der Waals surface area contributed by atoms with E-state index in [2.05, 4.69) is 17.2 Å². The fraction of sp³-hybridized carbons (Fsp3) is 0.375. The van der Waals surface area contributed by atoms with Crippen LogP contribution in [0.4, 0.5) is 0 Å². The standard InChI is InChI=1S/C16H18N2O2/c1-16(7-4-8-16)10-18-15(20)13-9-17-14(19)12-6-3-2-5-11(12)13/h2-3,5-6,9H,4,7-8,10H2,1H3,(H,17,19)(H,18,20). The lowest BCUT2D eigenvalue weighted by Gasteiger charge is -2.38. The summed E-state index contributed by atoms with van der Waals surface area (Å²) >= 11 is 0. The third kappa shape index (κ3) is 2.22. The van der Waals surface area contributed by atoms with Crippen molar-refractivity contribution >= 4 is 16.7 Å². The molecule has 4 heteroatoms. The van der Waals surface area contributed by atoms with Gasteiger partial charge in [0.15, 0.2) is 0 Å². The third-order valence-corrected chi connectivity index (χ3v) is 4.29. The lowest BCUT2D eigenvalue weighted by atomic mass is 9.70. The van der Waals surface area contributed by atoms with Crippen LogP contribution in [0, 0.1) is 5.41 Å². The Balaban J connectivity index is 1.88. The molecule has 4 nitrogen and oxygen atoms in total. The molecule has 1 aromatic heterocycles. The molecule has 2 aromatic rings.